The zero-order chi connectivity index (χ0) is 10.6. The fraction of sp³-hybridized carbons (Fsp3) is 0.400. The summed E-state index contributed by atoms with van der Waals surface area (Å²) in [6.45, 7) is 0. The van der Waals surface area contributed by atoms with Gasteiger partial charge < -0.3 is 10.2 Å². The molecule has 0 atom stereocenters. The summed E-state index contributed by atoms with van der Waals surface area (Å²) in [6.07, 6.45) is -6.67. The number of allylic oxidation sites excluding steroid dienone is 1. The number of aliphatic hydroxyl groups excluding tert-OH is 1. The number of nitrogens with zero attached hydrogens (tertiary/aromatic N) is 1. The molecule has 0 amide bonds. The second kappa shape index (κ2) is 3.87. The number of alkyl halides is 3. The highest BCUT2D eigenvalue weighted by Gasteiger charge is 2.32. The van der Waals surface area contributed by atoms with Gasteiger partial charge in [0.05, 0.1) is 0 Å². The van der Waals surface area contributed by atoms with Crippen molar-refractivity contribution in [2.24, 2.45) is 5.18 Å². The summed E-state index contributed by atoms with van der Waals surface area (Å²) in [4.78, 5) is 19.6. The molecule has 0 spiro atoms. The topological polar surface area (TPSA) is 87.0 Å². The first-order valence-corrected chi connectivity index (χ1v) is 2.83. The fourth-order valence-electron chi connectivity index (χ4n) is 0.489. The molecule has 2 N–H and O–H groups in total. The molecule has 13 heavy (non-hydrogen) atoms. The van der Waals surface area contributed by atoms with Crippen LogP contribution in [0.4, 0.5) is 13.2 Å². The van der Waals surface area contributed by atoms with E-state index in [0.29, 0.717) is 0 Å². The van der Waals surface area contributed by atoms with E-state index < -0.39 is 30.0 Å². The van der Waals surface area contributed by atoms with E-state index in [2.05, 4.69) is 0 Å². The number of rotatable bonds is 3. The molecule has 74 valence electrons. The highest BCUT2D eigenvalue weighted by molar-refractivity contribution is 5.86. The summed E-state index contributed by atoms with van der Waals surface area (Å²) in [5.74, 6) is -3.60. The molecule has 0 aliphatic heterocycles. The van der Waals surface area contributed by atoms with E-state index in [9.17, 15) is 22.9 Å². The summed E-state index contributed by atoms with van der Waals surface area (Å²) in [6, 6.07) is 0. The van der Waals surface area contributed by atoms with E-state index in [1.165, 1.54) is 0 Å². The minimum Gasteiger partial charge on any atom is -0.509 e. The summed E-state index contributed by atoms with van der Waals surface area (Å²) in [7, 11) is 0. The van der Waals surface area contributed by atoms with E-state index in [-0.39, 0.29) is 0 Å². The van der Waals surface area contributed by atoms with Crippen LogP contribution in [0.25, 0.3) is 0 Å². The van der Waals surface area contributed by atoms with Crippen molar-refractivity contribution in [1.82, 2.24) is 0 Å². The lowest BCUT2D eigenvalue weighted by molar-refractivity contribution is -0.135. The standard InChI is InChI=1S/C5H4F3NO4/c6-5(7,8)1-2(10)3(9-13)4(11)12/h10H,1H2,(H,11,12). The molecule has 0 aromatic heterocycles. The second-order valence-electron chi connectivity index (χ2n) is 1.98. The molecule has 0 fully saturated rings. The monoisotopic (exact) mass is 199 g/mol. The summed E-state index contributed by atoms with van der Waals surface area (Å²) in [5, 5.41) is 18.3. The molecule has 0 radical (unpaired) electrons. The molecule has 5 nitrogen and oxygen atoms in total. The van der Waals surface area contributed by atoms with Crippen molar-refractivity contribution in [3.05, 3.63) is 16.4 Å². The van der Waals surface area contributed by atoms with E-state index in [0.717, 1.165) is 0 Å². The van der Waals surface area contributed by atoms with Gasteiger partial charge in [0.1, 0.15) is 12.2 Å². The lowest BCUT2D eigenvalue weighted by Crippen LogP contribution is -2.12. The normalized spacial score (nSPS) is 13.5. The lowest BCUT2D eigenvalue weighted by Gasteiger charge is -2.04. The van der Waals surface area contributed by atoms with Crippen LogP contribution in [0.3, 0.4) is 0 Å². The minimum atomic E-state index is -4.78. The Morgan fingerprint density at radius 3 is 2.00 bits per heavy atom. The van der Waals surface area contributed by atoms with Gasteiger partial charge in [0.25, 0.3) is 0 Å². The van der Waals surface area contributed by atoms with Crippen molar-refractivity contribution in [1.29, 1.82) is 0 Å². The van der Waals surface area contributed by atoms with Gasteiger partial charge in [-0.25, -0.2) is 4.79 Å². The van der Waals surface area contributed by atoms with Gasteiger partial charge in [-0.2, -0.15) is 13.2 Å². The summed E-state index contributed by atoms with van der Waals surface area (Å²) < 4.78 is 34.6. The van der Waals surface area contributed by atoms with Gasteiger partial charge in [-0.05, 0) is 5.18 Å². The Bertz CT molecular complexity index is 257. The van der Waals surface area contributed by atoms with E-state index >= 15 is 0 Å². The van der Waals surface area contributed by atoms with E-state index in [1.54, 1.807) is 5.18 Å². The van der Waals surface area contributed by atoms with Crippen LogP contribution in [0.5, 0.6) is 0 Å². The fourth-order valence-corrected chi connectivity index (χ4v) is 0.489. The lowest BCUT2D eigenvalue weighted by atomic mass is 10.3. The van der Waals surface area contributed by atoms with Crippen LogP contribution in [0, 0.1) is 4.91 Å². The predicted molar refractivity (Wildman–Crippen MR) is 33.8 cm³/mol. The SMILES string of the molecule is O=NC(C(=O)O)=C(O)CC(F)(F)F. The molecule has 0 rings (SSSR count). The van der Waals surface area contributed by atoms with Crippen LogP contribution in [0.15, 0.2) is 16.6 Å². The number of aliphatic carboxylic acids is 1. The molecule has 0 saturated heterocycles. The molecule has 0 aliphatic rings. The van der Waals surface area contributed by atoms with Crippen molar-refractivity contribution < 1.29 is 28.2 Å². The summed E-state index contributed by atoms with van der Waals surface area (Å²) >= 11 is 0. The Kier molecular flexibility index (Phi) is 3.40. The van der Waals surface area contributed by atoms with Crippen LogP contribution in [0.2, 0.25) is 0 Å². The highest BCUT2D eigenvalue weighted by Crippen LogP contribution is 2.24. The first-order valence-electron chi connectivity index (χ1n) is 2.83. The van der Waals surface area contributed by atoms with Gasteiger partial charge >= 0.3 is 12.1 Å². The molecule has 0 unspecified atom stereocenters. The number of hydrogen-bond donors (Lipinski definition) is 2. The van der Waals surface area contributed by atoms with Crippen LogP contribution < -0.4 is 0 Å². The molecule has 0 aromatic rings. The van der Waals surface area contributed by atoms with Gasteiger partial charge in [-0.1, -0.05) is 0 Å². The van der Waals surface area contributed by atoms with Crippen molar-refractivity contribution >= 4 is 5.97 Å². The maximum atomic E-state index is 11.5. The molecular weight excluding hydrogens is 195 g/mol. The molecule has 0 aliphatic carbocycles. The third-order valence-corrected chi connectivity index (χ3v) is 0.935. The molecule has 8 heteroatoms. The van der Waals surface area contributed by atoms with Crippen molar-refractivity contribution in [3.8, 4) is 0 Å². The number of carboxylic acids is 1. The quantitative estimate of drug-likeness (QED) is 0.410. The maximum Gasteiger partial charge on any atom is 0.396 e. The number of hydrogen-bond acceptors (Lipinski definition) is 4. The highest BCUT2D eigenvalue weighted by atomic mass is 19.4. The van der Waals surface area contributed by atoms with E-state index in [1.807, 2.05) is 0 Å². The smallest absolute Gasteiger partial charge is 0.396 e. The first-order chi connectivity index (χ1) is 5.78. The Hall–Kier alpha value is -1.60. The predicted octanol–water partition coefficient (Wildman–Crippen LogP) is 1.56. The third-order valence-electron chi connectivity index (χ3n) is 0.935. The number of carbonyl (C=O) groups is 1. The van der Waals surface area contributed by atoms with Crippen LogP contribution >= 0.6 is 0 Å². The Morgan fingerprint density at radius 1 is 1.31 bits per heavy atom. The summed E-state index contributed by atoms with van der Waals surface area (Å²) in [5.41, 5.74) is -1.53. The van der Waals surface area contributed by atoms with Gasteiger partial charge in [0.2, 0.25) is 5.70 Å². The van der Waals surface area contributed by atoms with Crippen molar-refractivity contribution in [2.45, 2.75) is 12.6 Å². The van der Waals surface area contributed by atoms with Crippen molar-refractivity contribution in [2.75, 3.05) is 0 Å². The van der Waals surface area contributed by atoms with Crippen LogP contribution in [0.1, 0.15) is 6.42 Å². The van der Waals surface area contributed by atoms with Crippen molar-refractivity contribution in [3.63, 3.8) is 0 Å². The average molecular weight is 199 g/mol. The minimum absolute atomic E-state index is 1.53. The van der Waals surface area contributed by atoms with Gasteiger partial charge in [0, 0.05) is 0 Å². The number of nitroso groups, excluding NO2 is 1. The van der Waals surface area contributed by atoms with Gasteiger partial charge in [0.15, 0.2) is 0 Å². The van der Waals surface area contributed by atoms with E-state index in [4.69, 9.17) is 10.2 Å². The second-order valence-corrected chi connectivity index (χ2v) is 1.98. The van der Waals surface area contributed by atoms with Gasteiger partial charge in [-0.15, -0.1) is 4.91 Å². The Labute approximate surface area is 69.5 Å². The Morgan fingerprint density at radius 2 is 1.77 bits per heavy atom. The first kappa shape index (κ1) is 11.4. The largest absolute Gasteiger partial charge is 0.509 e. The molecular formula is C5H4F3NO4. The maximum absolute atomic E-state index is 11.5. The van der Waals surface area contributed by atoms with Gasteiger partial charge in [-0.3, -0.25) is 0 Å². The van der Waals surface area contributed by atoms with Crippen LogP contribution in [-0.2, 0) is 4.79 Å². The zero-order valence-electron chi connectivity index (χ0n) is 6.00. The molecule has 0 heterocycles. The molecule has 0 bridgehead atoms. The molecule has 0 saturated carbocycles. The Balaban J connectivity index is 4.78. The zero-order valence-corrected chi connectivity index (χ0v) is 6.00. The van der Waals surface area contributed by atoms with Crippen LogP contribution in [-0.4, -0.2) is 22.4 Å². The molecule has 0 aromatic carbocycles. The number of carboxylic acid groups (broad SMARTS) is 1. The number of halogens is 3. The third kappa shape index (κ3) is 4.09. The number of aliphatic hydroxyl groups is 1. The average Bonchev–Trinajstić information content (AvgIpc) is 1.82.